The van der Waals surface area contributed by atoms with Crippen molar-refractivity contribution in [3.05, 3.63) is 93.7 Å². The van der Waals surface area contributed by atoms with Crippen molar-refractivity contribution in [2.75, 3.05) is 25.1 Å². The second-order valence-electron chi connectivity index (χ2n) is 10.9. The van der Waals surface area contributed by atoms with Crippen LogP contribution >= 0.6 is 0 Å². The fraction of sp³-hybridized carbons (Fsp3) is 0.0588. The van der Waals surface area contributed by atoms with Crippen LogP contribution in [0.4, 0.5) is 11.4 Å². The van der Waals surface area contributed by atoms with Crippen LogP contribution in [0.1, 0.15) is 0 Å². The number of hydrogen-bond donors (Lipinski definition) is 4. The average Bonchev–Trinajstić information content (AvgIpc) is 3.08. The van der Waals surface area contributed by atoms with Gasteiger partial charge in [0.1, 0.15) is 22.9 Å². The molecule has 51 heavy (non-hydrogen) atoms. The van der Waals surface area contributed by atoms with Crippen LogP contribution in [0.3, 0.4) is 0 Å². The molecule has 0 spiro atoms. The van der Waals surface area contributed by atoms with Crippen LogP contribution in [0.25, 0.3) is 35.4 Å². The van der Waals surface area contributed by atoms with Crippen molar-refractivity contribution in [3.8, 4) is 22.6 Å². The van der Waals surface area contributed by atoms with Crippen LogP contribution < -0.4 is 41.2 Å². The number of carbonyl (C=O) groups is 2. The summed E-state index contributed by atoms with van der Waals surface area (Å²) < 4.78 is 76.1. The first-order valence-corrected chi connectivity index (χ1v) is 17.4. The van der Waals surface area contributed by atoms with Gasteiger partial charge in [-0.3, -0.25) is 29.5 Å². The molecule has 255 valence electrons. The van der Waals surface area contributed by atoms with Crippen molar-refractivity contribution in [1.29, 1.82) is 0 Å². The minimum atomic E-state index is -4.43. The molecule has 1 radical (unpaired) electrons. The van der Waals surface area contributed by atoms with Gasteiger partial charge in [0.05, 0.1) is 35.4 Å². The molecule has 4 N–H and O–H groups in total. The molecule has 0 fully saturated rings. The molecule has 4 aromatic rings. The molecule has 0 aromatic heterocycles. The molecular formula is C34H26N4NaO10S2. The molecule has 2 aliphatic carbocycles. The molecule has 2 aliphatic rings. The van der Waals surface area contributed by atoms with Crippen LogP contribution in [-0.2, 0) is 29.8 Å². The quantitative estimate of drug-likeness (QED) is 0.106. The minimum Gasteiger partial charge on any atom is -0.494 e. The van der Waals surface area contributed by atoms with E-state index in [0.717, 1.165) is 11.1 Å². The van der Waals surface area contributed by atoms with E-state index in [1.807, 2.05) is 0 Å². The number of nitrogens with zero attached hydrogens (tertiary/aromatic N) is 2. The normalized spacial score (nSPS) is 15.2. The topological polar surface area (TPSA) is 210 Å². The number of ketones is 2. The molecule has 0 saturated carbocycles. The van der Waals surface area contributed by atoms with Gasteiger partial charge in [-0.25, -0.2) is 0 Å². The summed E-state index contributed by atoms with van der Waals surface area (Å²) in [7, 11) is -5.94. The average molecular weight is 738 g/mol. The van der Waals surface area contributed by atoms with Crippen LogP contribution in [0, 0.1) is 0 Å². The smallest absolute Gasteiger partial charge is 0.294 e. The van der Waals surface area contributed by atoms with Crippen molar-refractivity contribution in [2.24, 2.45) is 10.2 Å². The molecule has 0 heterocycles. The summed E-state index contributed by atoms with van der Waals surface area (Å²) in [6.45, 7) is 0. The fourth-order valence-electron chi connectivity index (χ4n) is 5.15. The van der Waals surface area contributed by atoms with E-state index in [1.165, 1.54) is 74.9 Å². The Balaban J connectivity index is 0.00000504. The standard InChI is InChI=1S/C34H26N4O10S2.Na/c1-47-33-17-21(5-9-27(33)35-37-29-13-23-11-25(49(41,42)43)7-3-19(23)15-31(29)39)22-6-10-28(34(18-22)48-2)36-38-30-14-24-12-26(50(44,45)46)8-4-20(24)16-32(30)40;/h3-18,35-36H,1-2H3,(H,41,42,43)(H,44,45,46);/b37-29-,38-30-;. The van der Waals surface area contributed by atoms with Crippen LogP contribution in [-0.4, -0.2) is 92.7 Å². The zero-order chi connectivity index (χ0) is 35.8. The van der Waals surface area contributed by atoms with Crippen LogP contribution in [0.5, 0.6) is 11.5 Å². The zero-order valence-corrected chi connectivity index (χ0v) is 30.7. The van der Waals surface area contributed by atoms with Gasteiger partial charge in [-0.15, -0.1) is 0 Å². The number of methoxy groups -OCH3 is 2. The Kier molecular flexibility index (Phi) is 10.8. The van der Waals surface area contributed by atoms with Crippen molar-refractivity contribution in [2.45, 2.75) is 9.79 Å². The first-order chi connectivity index (χ1) is 23.7. The summed E-state index contributed by atoms with van der Waals surface area (Å²) in [4.78, 5) is 24.7. The van der Waals surface area contributed by atoms with Gasteiger partial charge in [0.15, 0.2) is 0 Å². The maximum atomic E-state index is 12.7. The van der Waals surface area contributed by atoms with Crippen molar-refractivity contribution < 1.29 is 45.0 Å². The Labute approximate surface area is 313 Å². The molecule has 14 nitrogen and oxygen atoms in total. The van der Waals surface area contributed by atoms with Crippen LogP contribution in [0.15, 0.2) is 92.8 Å². The van der Waals surface area contributed by atoms with Crippen LogP contribution in [0.2, 0.25) is 0 Å². The van der Waals surface area contributed by atoms with Gasteiger partial charge in [0.2, 0.25) is 11.6 Å². The number of anilines is 2. The van der Waals surface area contributed by atoms with Gasteiger partial charge in [0, 0.05) is 29.6 Å². The first-order valence-electron chi connectivity index (χ1n) is 14.5. The van der Waals surface area contributed by atoms with E-state index in [2.05, 4.69) is 21.1 Å². The number of nitrogens with one attached hydrogen (secondary N) is 2. The molecule has 0 amide bonds. The molecule has 4 aromatic carbocycles. The predicted molar refractivity (Wildman–Crippen MR) is 192 cm³/mol. The van der Waals surface area contributed by atoms with Gasteiger partial charge in [-0.2, -0.15) is 27.0 Å². The largest absolute Gasteiger partial charge is 0.494 e. The number of carbonyl (C=O) groups excluding carboxylic acids is 2. The number of hydrazone groups is 2. The third kappa shape index (κ3) is 8.18. The van der Waals surface area contributed by atoms with Gasteiger partial charge >= 0.3 is 0 Å². The summed E-state index contributed by atoms with van der Waals surface area (Å²) in [6.07, 6.45) is 5.44. The van der Waals surface area contributed by atoms with E-state index in [1.54, 1.807) is 36.4 Å². The molecular weight excluding hydrogens is 712 g/mol. The summed E-state index contributed by atoms with van der Waals surface area (Å²) in [5, 5.41) is 10.1. The molecule has 6 rings (SSSR count). The number of hydrogen-bond acceptors (Lipinski definition) is 12. The maximum Gasteiger partial charge on any atom is 0.294 e. The van der Waals surface area contributed by atoms with Gasteiger partial charge in [-0.05, 0) is 105 Å². The number of fused-ring (bicyclic) bond motifs is 2. The number of ether oxygens (including phenoxy) is 2. The van der Waals surface area contributed by atoms with E-state index in [9.17, 15) is 35.5 Å². The van der Waals surface area contributed by atoms with Crippen molar-refractivity contribution in [1.82, 2.24) is 0 Å². The summed E-state index contributed by atoms with van der Waals surface area (Å²) >= 11 is 0. The third-order valence-electron chi connectivity index (χ3n) is 7.70. The van der Waals surface area contributed by atoms with E-state index < -0.39 is 31.8 Å². The minimum absolute atomic E-state index is 0. The van der Waals surface area contributed by atoms with Crippen molar-refractivity contribution >= 4 is 108 Å². The second kappa shape index (κ2) is 14.7. The number of rotatable bonds is 9. The molecule has 0 aliphatic heterocycles. The van der Waals surface area contributed by atoms with E-state index >= 15 is 0 Å². The Morgan fingerprint density at radius 3 is 1.29 bits per heavy atom. The first kappa shape index (κ1) is 37.3. The summed E-state index contributed by atoms with van der Waals surface area (Å²) in [6, 6.07) is 18.2. The Morgan fingerprint density at radius 2 is 0.941 bits per heavy atom. The SMILES string of the molecule is COc1cc(-c2ccc(N/N=C3/C=c4cc(S(=O)(=O)O)ccc4=CC3=O)c(OC)c2)ccc1N/N=C1/C=c2cc(S(=O)(=O)O)ccc2=CC1=O.[Na]. The van der Waals surface area contributed by atoms with E-state index in [0.29, 0.717) is 43.7 Å². The number of Topliss-reactive ketones (excluding diaryl/α,β-unsaturated/α-hetero) is 2. The van der Waals surface area contributed by atoms with Gasteiger partial charge < -0.3 is 9.47 Å². The Hall–Kier alpha value is -4.94. The predicted octanol–water partition coefficient (Wildman–Crippen LogP) is 0.707. The monoisotopic (exact) mass is 737 g/mol. The second-order valence-corrected chi connectivity index (χ2v) is 13.7. The third-order valence-corrected chi connectivity index (χ3v) is 9.40. The maximum absolute atomic E-state index is 12.7. The van der Waals surface area contributed by atoms with Crippen molar-refractivity contribution in [3.63, 3.8) is 0 Å². The molecule has 0 atom stereocenters. The van der Waals surface area contributed by atoms with Gasteiger partial charge in [-0.1, -0.05) is 24.3 Å². The van der Waals surface area contributed by atoms with Gasteiger partial charge in [0.25, 0.3) is 20.2 Å². The molecule has 17 heteroatoms. The Morgan fingerprint density at radius 1 is 0.549 bits per heavy atom. The Bertz CT molecular complexity index is 2490. The summed E-state index contributed by atoms with van der Waals surface area (Å²) in [5.74, 6) is -0.0429. The molecule has 0 saturated heterocycles. The molecule has 0 bridgehead atoms. The van der Waals surface area contributed by atoms with E-state index in [4.69, 9.17) is 9.47 Å². The molecule has 0 unspecified atom stereocenters. The fourth-order valence-corrected chi connectivity index (χ4v) is 6.18. The zero-order valence-electron chi connectivity index (χ0n) is 27.1. The van der Waals surface area contributed by atoms with E-state index in [-0.39, 0.29) is 50.8 Å². The summed E-state index contributed by atoms with van der Waals surface area (Å²) in [5.41, 5.74) is 7.96. The number of benzene rings is 4.